The van der Waals surface area contributed by atoms with E-state index in [4.69, 9.17) is 0 Å². The van der Waals surface area contributed by atoms with E-state index in [9.17, 15) is 0 Å². The number of hydrogen-bond donors (Lipinski definition) is 1. The summed E-state index contributed by atoms with van der Waals surface area (Å²) in [5.74, 6) is 0. The molecule has 0 saturated carbocycles. The van der Waals surface area contributed by atoms with Crippen LogP contribution in [0.5, 0.6) is 0 Å². The third kappa shape index (κ3) is 2.19. The Kier molecular flexibility index (Phi) is 2.93. The molecule has 0 fully saturated rings. The zero-order chi connectivity index (χ0) is 12.4. The van der Waals surface area contributed by atoms with Crippen molar-refractivity contribution in [1.29, 1.82) is 0 Å². The fourth-order valence-corrected chi connectivity index (χ4v) is 2.32. The molecule has 0 atom stereocenters. The molecule has 0 spiro atoms. The summed E-state index contributed by atoms with van der Waals surface area (Å²) >= 11 is 1.49. The highest BCUT2D eigenvalue weighted by atomic mass is 32.2. The molecule has 0 bridgehead atoms. The lowest BCUT2D eigenvalue weighted by Gasteiger charge is -1.99. The Labute approximate surface area is 108 Å². The van der Waals surface area contributed by atoms with Gasteiger partial charge in [-0.05, 0) is 30.3 Å². The lowest BCUT2D eigenvalue weighted by Crippen LogP contribution is -1.88. The summed E-state index contributed by atoms with van der Waals surface area (Å²) in [6.45, 7) is 2.09. The predicted octanol–water partition coefficient (Wildman–Crippen LogP) is 2.46. The molecule has 3 heterocycles. The van der Waals surface area contributed by atoms with Crippen LogP contribution in [-0.2, 0) is 6.42 Å². The van der Waals surface area contributed by atoms with Gasteiger partial charge in [-0.2, -0.15) is 0 Å². The Morgan fingerprint density at radius 2 is 2.06 bits per heavy atom. The van der Waals surface area contributed by atoms with Crippen molar-refractivity contribution < 1.29 is 0 Å². The molecule has 0 unspecified atom stereocenters. The molecule has 1 N–H and O–H groups in total. The first kappa shape index (κ1) is 11.2. The van der Waals surface area contributed by atoms with Gasteiger partial charge in [0.15, 0.2) is 10.8 Å². The third-order valence-electron chi connectivity index (χ3n) is 2.49. The summed E-state index contributed by atoms with van der Waals surface area (Å²) in [6, 6.07) is 3.84. The van der Waals surface area contributed by atoms with Crippen LogP contribution >= 0.6 is 11.8 Å². The quantitative estimate of drug-likeness (QED) is 0.780. The van der Waals surface area contributed by atoms with Crippen LogP contribution in [0.15, 0.2) is 40.9 Å². The molecule has 3 aromatic heterocycles. The zero-order valence-corrected chi connectivity index (χ0v) is 10.6. The number of aromatic nitrogens is 5. The van der Waals surface area contributed by atoms with E-state index in [1.807, 2.05) is 18.3 Å². The predicted molar refractivity (Wildman–Crippen MR) is 69.4 cm³/mol. The van der Waals surface area contributed by atoms with Crippen molar-refractivity contribution in [3.63, 3.8) is 0 Å². The van der Waals surface area contributed by atoms with Crippen molar-refractivity contribution in [1.82, 2.24) is 24.9 Å². The van der Waals surface area contributed by atoms with Crippen LogP contribution < -0.4 is 0 Å². The monoisotopic (exact) mass is 257 g/mol. The maximum absolute atomic E-state index is 4.43. The Balaban J connectivity index is 1.90. The number of fused-ring (bicyclic) bond motifs is 1. The Morgan fingerprint density at radius 1 is 1.17 bits per heavy atom. The first-order valence-electron chi connectivity index (χ1n) is 5.64. The minimum absolute atomic E-state index is 0.657. The van der Waals surface area contributed by atoms with Gasteiger partial charge in [0, 0.05) is 24.3 Å². The average molecular weight is 257 g/mol. The molecule has 0 amide bonds. The molecule has 18 heavy (non-hydrogen) atoms. The van der Waals surface area contributed by atoms with Gasteiger partial charge in [-0.3, -0.25) is 4.98 Å². The smallest absolute Gasteiger partial charge is 0.179 e. The standard InChI is InChI=1S/C12H11N5S/c1-2-8-7-15-12(16-8)18-10-4-3-9-11(17-10)14-6-5-13-9/h3-7H,2H2,1H3,(H,15,16). The highest BCUT2D eigenvalue weighted by Crippen LogP contribution is 2.24. The van der Waals surface area contributed by atoms with Crippen molar-refractivity contribution in [2.45, 2.75) is 23.5 Å². The first-order chi connectivity index (χ1) is 8.85. The number of aryl methyl sites for hydroxylation is 1. The number of imidazole rings is 1. The minimum Gasteiger partial charge on any atom is -0.337 e. The normalized spacial score (nSPS) is 10.9. The number of aromatic amines is 1. The number of pyridine rings is 1. The third-order valence-corrected chi connectivity index (χ3v) is 3.33. The average Bonchev–Trinajstić information content (AvgIpc) is 2.86. The van der Waals surface area contributed by atoms with Crippen LogP contribution in [0.4, 0.5) is 0 Å². The zero-order valence-electron chi connectivity index (χ0n) is 9.79. The van der Waals surface area contributed by atoms with E-state index in [1.54, 1.807) is 12.4 Å². The number of hydrogen-bond acceptors (Lipinski definition) is 5. The van der Waals surface area contributed by atoms with Crippen molar-refractivity contribution in [3.05, 3.63) is 36.4 Å². The van der Waals surface area contributed by atoms with Crippen molar-refractivity contribution in [2.75, 3.05) is 0 Å². The van der Waals surface area contributed by atoms with Crippen molar-refractivity contribution >= 4 is 22.9 Å². The van der Waals surface area contributed by atoms with E-state index >= 15 is 0 Å². The van der Waals surface area contributed by atoms with Crippen LogP contribution in [0, 0.1) is 0 Å². The van der Waals surface area contributed by atoms with Gasteiger partial charge < -0.3 is 4.98 Å². The highest BCUT2D eigenvalue weighted by molar-refractivity contribution is 7.99. The van der Waals surface area contributed by atoms with E-state index in [0.29, 0.717) is 5.65 Å². The van der Waals surface area contributed by atoms with Crippen molar-refractivity contribution in [3.8, 4) is 0 Å². The Bertz CT molecular complexity index is 679. The molecular weight excluding hydrogens is 246 g/mol. The van der Waals surface area contributed by atoms with Gasteiger partial charge in [0.25, 0.3) is 0 Å². The van der Waals surface area contributed by atoms with E-state index in [0.717, 1.165) is 27.8 Å². The van der Waals surface area contributed by atoms with Gasteiger partial charge in [0.1, 0.15) is 10.5 Å². The molecule has 5 nitrogen and oxygen atoms in total. The summed E-state index contributed by atoms with van der Waals surface area (Å²) in [5.41, 5.74) is 2.58. The molecule has 0 aromatic carbocycles. The lowest BCUT2D eigenvalue weighted by molar-refractivity contribution is 0.988. The van der Waals surface area contributed by atoms with Crippen LogP contribution in [-0.4, -0.2) is 24.9 Å². The topological polar surface area (TPSA) is 67.3 Å². The van der Waals surface area contributed by atoms with E-state index in [1.165, 1.54) is 11.8 Å². The van der Waals surface area contributed by atoms with Gasteiger partial charge in [0.2, 0.25) is 0 Å². The van der Waals surface area contributed by atoms with Gasteiger partial charge in [-0.1, -0.05) is 6.92 Å². The molecule has 90 valence electrons. The second-order valence-corrected chi connectivity index (χ2v) is 4.73. The van der Waals surface area contributed by atoms with E-state index in [2.05, 4.69) is 31.8 Å². The molecule has 3 rings (SSSR count). The summed E-state index contributed by atoms with van der Waals surface area (Å²) in [5, 5.41) is 1.71. The molecule has 6 heteroatoms. The Morgan fingerprint density at radius 3 is 2.89 bits per heavy atom. The van der Waals surface area contributed by atoms with Crippen LogP contribution in [0.2, 0.25) is 0 Å². The number of rotatable bonds is 3. The maximum Gasteiger partial charge on any atom is 0.179 e. The minimum atomic E-state index is 0.657. The number of nitrogens with one attached hydrogen (secondary N) is 1. The van der Waals surface area contributed by atoms with Crippen LogP contribution in [0.1, 0.15) is 12.6 Å². The lowest BCUT2D eigenvalue weighted by atomic mass is 10.4. The summed E-state index contributed by atoms with van der Waals surface area (Å²) in [4.78, 5) is 20.3. The van der Waals surface area contributed by atoms with E-state index in [-0.39, 0.29) is 0 Å². The van der Waals surface area contributed by atoms with Gasteiger partial charge >= 0.3 is 0 Å². The molecule has 0 aliphatic carbocycles. The van der Waals surface area contributed by atoms with Gasteiger partial charge in [0.05, 0.1) is 0 Å². The molecular formula is C12H11N5S. The number of nitrogens with zero attached hydrogens (tertiary/aromatic N) is 4. The Hall–Kier alpha value is -1.95. The second-order valence-electron chi connectivity index (χ2n) is 3.72. The summed E-state index contributed by atoms with van der Waals surface area (Å²) < 4.78 is 0. The SMILES string of the molecule is CCc1cnc(Sc2ccc3nccnc3n2)[nH]1. The first-order valence-corrected chi connectivity index (χ1v) is 6.46. The second kappa shape index (κ2) is 4.73. The maximum atomic E-state index is 4.43. The van der Waals surface area contributed by atoms with Crippen LogP contribution in [0.3, 0.4) is 0 Å². The van der Waals surface area contributed by atoms with Gasteiger partial charge in [-0.15, -0.1) is 0 Å². The largest absolute Gasteiger partial charge is 0.337 e. The fourth-order valence-electron chi connectivity index (χ4n) is 1.56. The molecule has 0 radical (unpaired) electrons. The molecule has 0 aliphatic heterocycles. The molecule has 3 aromatic rings. The molecule has 0 saturated heterocycles. The van der Waals surface area contributed by atoms with E-state index < -0.39 is 0 Å². The highest BCUT2D eigenvalue weighted by Gasteiger charge is 2.05. The van der Waals surface area contributed by atoms with Gasteiger partial charge in [-0.25, -0.2) is 15.0 Å². The fraction of sp³-hybridized carbons (Fsp3) is 0.167. The number of H-pyrrole nitrogens is 1. The van der Waals surface area contributed by atoms with Crippen LogP contribution in [0.25, 0.3) is 11.2 Å². The van der Waals surface area contributed by atoms with Crippen molar-refractivity contribution in [2.24, 2.45) is 0 Å². The summed E-state index contributed by atoms with van der Waals surface area (Å²) in [6.07, 6.45) is 6.11. The summed E-state index contributed by atoms with van der Waals surface area (Å²) in [7, 11) is 0. The molecule has 0 aliphatic rings.